The van der Waals surface area contributed by atoms with Crippen LogP contribution in [-0.2, 0) is 6.42 Å². The fraction of sp³-hybridized carbons (Fsp3) is 0.538. The second kappa shape index (κ2) is 5.04. The van der Waals surface area contributed by atoms with Crippen LogP contribution in [0.5, 0.6) is 5.75 Å². The number of phenolic OH excluding ortho intramolecular Hbond substituents is 1. The van der Waals surface area contributed by atoms with Crippen molar-refractivity contribution in [3.63, 3.8) is 0 Å². The minimum atomic E-state index is 0.423. The molecule has 0 unspecified atom stereocenters. The van der Waals surface area contributed by atoms with Gasteiger partial charge in [-0.05, 0) is 42.9 Å². The number of rotatable bonds is 4. The summed E-state index contributed by atoms with van der Waals surface area (Å²) in [6, 6.07) is 5.98. The summed E-state index contributed by atoms with van der Waals surface area (Å²) in [4.78, 5) is 0. The predicted molar refractivity (Wildman–Crippen MR) is 60.6 cm³/mol. The maximum Gasteiger partial charge on any atom is 0.118 e. The van der Waals surface area contributed by atoms with Gasteiger partial charge in [-0.1, -0.05) is 32.4 Å². The number of aryl methyl sites for hydroxylation is 2. The molecule has 0 aromatic heterocycles. The molecule has 0 aliphatic carbocycles. The molecule has 1 N–H and O–H groups in total. The van der Waals surface area contributed by atoms with Gasteiger partial charge in [0.2, 0.25) is 0 Å². The van der Waals surface area contributed by atoms with Crippen molar-refractivity contribution < 1.29 is 5.11 Å². The first-order valence-corrected chi connectivity index (χ1v) is 5.38. The average Bonchev–Trinajstić information content (AvgIpc) is 2.10. The Labute approximate surface area is 86.8 Å². The number of aromatic hydroxyl groups is 1. The minimum absolute atomic E-state index is 0.423. The van der Waals surface area contributed by atoms with Gasteiger partial charge in [-0.25, -0.2) is 0 Å². The van der Waals surface area contributed by atoms with Crippen LogP contribution in [0.1, 0.15) is 37.8 Å². The SMILES string of the molecule is Cc1ccc(CCCC(C)C)cc1O. The lowest BCUT2D eigenvalue weighted by molar-refractivity contribution is 0.470. The molecule has 1 rings (SSSR count). The number of phenols is 1. The Morgan fingerprint density at radius 3 is 2.57 bits per heavy atom. The molecule has 0 aliphatic heterocycles. The van der Waals surface area contributed by atoms with E-state index in [-0.39, 0.29) is 0 Å². The third-order valence-electron chi connectivity index (χ3n) is 2.52. The van der Waals surface area contributed by atoms with Crippen molar-refractivity contribution in [3.8, 4) is 5.75 Å². The van der Waals surface area contributed by atoms with E-state index in [1.165, 1.54) is 18.4 Å². The van der Waals surface area contributed by atoms with Crippen LogP contribution >= 0.6 is 0 Å². The first-order valence-electron chi connectivity index (χ1n) is 5.38. The summed E-state index contributed by atoms with van der Waals surface area (Å²) >= 11 is 0. The van der Waals surface area contributed by atoms with E-state index in [1.807, 2.05) is 19.1 Å². The van der Waals surface area contributed by atoms with Crippen molar-refractivity contribution in [2.24, 2.45) is 5.92 Å². The Kier molecular flexibility index (Phi) is 3.99. The van der Waals surface area contributed by atoms with Gasteiger partial charge >= 0.3 is 0 Å². The molecule has 1 aromatic rings. The van der Waals surface area contributed by atoms with Crippen LogP contribution in [-0.4, -0.2) is 5.11 Å². The van der Waals surface area contributed by atoms with E-state index < -0.39 is 0 Å². The molecule has 0 fully saturated rings. The van der Waals surface area contributed by atoms with Crippen LogP contribution in [0.4, 0.5) is 0 Å². The summed E-state index contributed by atoms with van der Waals surface area (Å²) in [5.41, 5.74) is 2.20. The van der Waals surface area contributed by atoms with Gasteiger partial charge < -0.3 is 5.11 Å². The van der Waals surface area contributed by atoms with Gasteiger partial charge in [0.15, 0.2) is 0 Å². The van der Waals surface area contributed by atoms with Crippen LogP contribution in [0.2, 0.25) is 0 Å². The lowest BCUT2D eigenvalue weighted by atomic mass is 10.0. The second-order valence-electron chi connectivity index (χ2n) is 4.41. The lowest BCUT2D eigenvalue weighted by Crippen LogP contribution is -1.91. The lowest BCUT2D eigenvalue weighted by Gasteiger charge is -2.06. The highest BCUT2D eigenvalue weighted by atomic mass is 16.3. The van der Waals surface area contributed by atoms with E-state index in [1.54, 1.807) is 0 Å². The third-order valence-corrected chi connectivity index (χ3v) is 2.52. The summed E-state index contributed by atoms with van der Waals surface area (Å²) in [6.07, 6.45) is 3.54. The van der Waals surface area contributed by atoms with Gasteiger partial charge in [0.25, 0.3) is 0 Å². The fourth-order valence-corrected chi connectivity index (χ4v) is 1.52. The van der Waals surface area contributed by atoms with Crippen LogP contribution < -0.4 is 0 Å². The van der Waals surface area contributed by atoms with Gasteiger partial charge in [-0.2, -0.15) is 0 Å². The predicted octanol–water partition coefficient (Wildman–Crippen LogP) is 3.68. The highest BCUT2D eigenvalue weighted by Gasteiger charge is 1.99. The monoisotopic (exact) mass is 192 g/mol. The maximum atomic E-state index is 9.51. The highest BCUT2D eigenvalue weighted by Crippen LogP contribution is 2.19. The maximum absolute atomic E-state index is 9.51. The molecule has 1 nitrogen and oxygen atoms in total. The normalized spacial score (nSPS) is 10.9. The van der Waals surface area contributed by atoms with Gasteiger partial charge in [-0.15, -0.1) is 0 Å². The highest BCUT2D eigenvalue weighted by molar-refractivity contribution is 5.35. The molecule has 0 radical (unpaired) electrons. The molecule has 0 heterocycles. The summed E-state index contributed by atoms with van der Waals surface area (Å²) in [6.45, 7) is 6.41. The van der Waals surface area contributed by atoms with Crippen molar-refractivity contribution in [2.75, 3.05) is 0 Å². The van der Waals surface area contributed by atoms with E-state index in [0.717, 1.165) is 17.9 Å². The van der Waals surface area contributed by atoms with E-state index in [4.69, 9.17) is 0 Å². The molecule has 0 amide bonds. The summed E-state index contributed by atoms with van der Waals surface area (Å²) < 4.78 is 0. The molecule has 0 bridgehead atoms. The Hall–Kier alpha value is -0.980. The average molecular weight is 192 g/mol. The molecule has 0 aliphatic rings. The first-order chi connectivity index (χ1) is 6.59. The van der Waals surface area contributed by atoms with Crippen molar-refractivity contribution in [2.45, 2.75) is 40.0 Å². The molecule has 78 valence electrons. The van der Waals surface area contributed by atoms with Crippen molar-refractivity contribution in [1.29, 1.82) is 0 Å². The summed E-state index contributed by atoms with van der Waals surface area (Å²) in [5.74, 6) is 1.20. The van der Waals surface area contributed by atoms with Crippen molar-refractivity contribution >= 4 is 0 Å². The molecule has 0 spiro atoms. The Bertz CT molecular complexity index is 289. The largest absolute Gasteiger partial charge is 0.508 e. The first kappa shape index (κ1) is 11.1. The van der Waals surface area contributed by atoms with E-state index in [0.29, 0.717) is 5.75 Å². The topological polar surface area (TPSA) is 20.2 Å². The quantitative estimate of drug-likeness (QED) is 0.771. The Balaban J connectivity index is 2.47. The molecular formula is C13H20O. The number of hydrogen-bond acceptors (Lipinski definition) is 1. The molecule has 0 atom stereocenters. The Morgan fingerprint density at radius 2 is 2.00 bits per heavy atom. The van der Waals surface area contributed by atoms with Gasteiger partial charge in [-0.3, -0.25) is 0 Å². The van der Waals surface area contributed by atoms with Gasteiger partial charge in [0.1, 0.15) is 5.75 Å². The van der Waals surface area contributed by atoms with Gasteiger partial charge in [0.05, 0.1) is 0 Å². The Morgan fingerprint density at radius 1 is 1.29 bits per heavy atom. The smallest absolute Gasteiger partial charge is 0.118 e. The van der Waals surface area contributed by atoms with E-state index in [9.17, 15) is 5.11 Å². The van der Waals surface area contributed by atoms with Crippen LogP contribution in [0.15, 0.2) is 18.2 Å². The molecule has 0 saturated carbocycles. The van der Waals surface area contributed by atoms with E-state index in [2.05, 4.69) is 19.9 Å². The molecule has 0 saturated heterocycles. The molecule has 14 heavy (non-hydrogen) atoms. The summed E-state index contributed by atoms with van der Waals surface area (Å²) in [5, 5.41) is 9.51. The minimum Gasteiger partial charge on any atom is -0.508 e. The zero-order valence-corrected chi connectivity index (χ0v) is 9.38. The third kappa shape index (κ3) is 3.41. The number of benzene rings is 1. The fourth-order valence-electron chi connectivity index (χ4n) is 1.52. The van der Waals surface area contributed by atoms with Crippen molar-refractivity contribution in [1.82, 2.24) is 0 Å². The van der Waals surface area contributed by atoms with Crippen LogP contribution in [0.3, 0.4) is 0 Å². The zero-order valence-electron chi connectivity index (χ0n) is 9.38. The second-order valence-corrected chi connectivity index (χ2v) is 4.41. The molecule has 1 aromatic carbocycles. The molecular weight excluding hydrogens is 172 g/mol. The zero-order chi connectivity index (χ0) is 10.6. The van der Waals surface area contributed by atoms with Crippen LogP contribution in [0, 0.1) is 12.8 Å². The molecule has 1 heteroatoms. The standard InChI is InChI=1S/C13H20O/c1-10(2)5-4-6-12-8-7-11(3)13(14)9-12/h7-10,14H,4-6H2,1-3H3. The van der Waals surface area contributed by atoms with Gasteiger partial charge in [0, 0.05) is 0 Å². The van der Waals surface area contributed by atoms with Crippen molar-refractivity contribution in [3.05, 3.63) is 29.3 Å². The van der Waals surface area contributed by atoms with E-state index >= 15 is 0 Å². The number of hydrogen-bond donors (Lipinski definition) is 1. The summed E-state index contributed by atoms with van der Waals surface area (Å²) in [7, 11) is 0. The van der Waals surface area contributed by atoms with Crippen LogP contribution in [0.25, 0.3) is 0 Å².